The van der Waals surface area contributed by atoms with Crippen LogP contribution < -0.4 is 9.47 Å². The largest absolute Gasteiger partial charge is 0.465 e. The van der Waals surface area contributed by atoms with Gasteiger partial charge in [0, 0.05) is 5.56 Å². The molecule has 7 heteroatoms. The van der Waals surface area contributed by atoms with Crippen LogP contribution in [-0.4, -0.2) is 31.7 Å². The lowest BCUT2D eigenvalue weighted by molar-refractivity contribution is -0.129. The summed E-state index contributed by atoms with van der Waals surface area (Å²) in [4.78, 5) is 27.8. The number of rotatable bonds is 3. The number of carbonyl (C=O) groups is 2. The lowest BCUT2D eigenvalue weighted by Gasteiger charge is -2.01. The van der Waals surface area contributed by atoms with Crippen LogP contribution in [-0.2, 0) is 14.3 Å². The molecule has 26 heavy (non-hydrogen) atoms. The maximum atomic E-state index is 12.1. The van der Waals surface area contributed by atoms with Gasteiger partial charge in [0.05, 0.1) is 12.7 Å². The van der Waals surface area contributed by atoms with Gasteiger partial charge in [-0.05, 0) is 42.0 Å². The summed E-state index contributed by atoms with van der Waals surface area (Å²) in [6, 6.07) is 11.8. The van der Waals surface area contributed by atoms with Crippen LogP contribution in [0.2, 0.25) is 0 Å². The van der Waals surface area contributed by atoms with Crippen molar-refractivity contribution in [3.63, 3.8) is 0 Å². The number of fused-ring (bicyclic) bond motifs is 1. The van der Waals surface area contributed by atoms with Gasteiger partial charge in [0.1, 0.15) is 0 Å². The molecule has 0 atom stereocenters. The second-order valence-corrected chi connectivity index (χ2v) is 5.52. The normalized spacial score (nSPS) is 16.4. The fraction of sp³-hybridized carbons (Fsp3) is 0.105. The summed E-state index contributed by atoms with van der Waals surface area (Å²) in [5.74, 6) is 0.449. The van der Waals surface area contributed by atoms with Crippen LogP contribution in [0.4, 0.5) is 0 Å². The molecule has 0 aromatic heterocycles. The predicted molar refractivity (Wildman–Crippen MR) is 91.0 cm³/mol. The Labute approximate surface area is 148 Å². The average molecular weight is 351 g/mol. The lowest BCUT2D eigenvalue weighted by Crippen LogP contribution is -2.05. The van der Waals surface area contributed by atoms with Gasteiger partial charge in [-0.15, -0.1) is 0 Å². The van der Waals surface area contributed by atoms with Gasteiger partial charge < -0.3 is 18.9 Å². The Morgan fingerprint density at radius 2 is 1.88 bits per heavy atom. The van der Waals surface area contributed by atoms with Crippen LogP contribution in [0.15, 0.2) is 53.2 Å². The summed E-state index contributed by atoms with van der Waals surface area (Å²) in [5, 5.41) is 0. The van der Waals surface area contributed by atoms with Crippen LogP contribution in [0.25, 0.3) is 6.08 Å². The quantitative estimate of drug-likeness (QED) is 0.624. The summed E-state index contributed by atoms with van der Waals surface area (Å²) < 4.78 is 20.5. The van der Waals surface area contributed by atoms with Crippen molar-refractivity contribution < 1.29 is 28.5 Å². The second kappa shape index (κ2) is 6.36. The van der Waals surface area contributed by atoms with Crippen molar-refractivity contribution >= 4 is 23.9 Å². The van der Waals surface area contributed by atoms with E-state index in [0.29, 0.717) is 28.2 Å². The molecule has 7 nitrogen and oxygen atoms in total. The van der Waals surface area contributed by atoms with Gasteiger partial charge in [0.25, 0.3) is 0 Å². The molecule has 2 aliphatic rings. The number of aliphatic imine (C=N–C) groups is 1. The summed E-state index contributed by atoms with van der Waals surface area (Å²) in [5.41, 5.74) is 1.92. The molecule has 0 aliphatic carbocycles. The predicted octanol–water partition coefficient (Wildman–Crippen LogP) is 2.55. The van der Waals surface area contributed by atoms with Crippen LogP contribution in [0, 0.1) is 0 Å². The number of cyclic esters (lactones) is 1. The van der Waals surface area contributed by atoms with Crippen LogP contribution in [0.5, 0.6) is 11.5 Å². The Bertz CT molecular complexity index is 958. The molecular weight excluding hydrogens is 338 g/mol. The van der Waals surface area contributed by atoms with Crippen LogP contribution in [0.3, 0.4) is 0 Å². The zero-order valence-corrected chi connectivity index (χ0v) is 13.7. The SMILES string of the molecule is COC(=O)c1ccc(/C=C2\N=C(c3ccc4c(c3)OCO4)OC2=O)cc1. The maximum absolute atomic E-state index is 12.1. The third kappa shape index (κ3) is 2.90. The molecule has 4 rings (SSSR count). The number of ether oxygens (including phenoxy) is 4. The number of hydrogen-bond donors (Lipinski definition) is 0. The first-order chi connectivity index (χ1) is 12.6. The van der Waals surface area contributed by atoms with E-state index in [4.69, 9.17) is 14.2 Å². The van der Waals surface area contributed by atoms with E-state index in [2.05, 4.69) is 9.73 Å². The van der Waals surface area contributed by atoms with Crippen molar-refractivity contribution in [2.75, 3.05) is 13.9 Å². The summed E-state index contributed by atoms with van der Waals surface area (Å²) in [6.45, 7) is 0.164. The summed E-state index contributed by atoms with van der Waals surface area (Å²) >= 11 is 0. The maximum Gasteiger partial charge on any atom is 0.363 e. The van der Waals surface area contributed by atoms with Crippen LogP contribution >= 0.6 is 0 Å². The number of benzene rings is 2. The fourth-order valence-corrected chi connectivity index (χ4v) is 2.55. The molecule has 0 unspecified atom stereocenters. The van der Waals surface area contributed by atoms with Gasteiger partial charge in [0.2, 0.25) is 12.7 Å². The zero-order chi connectivity index (χ0) is 18.1. The first kappa shape index (κ1) is 15.9. The molecule has 2 aromatic carbocycles. The van der Waals surface area contributed by atoms with Crippen molar-refractivity contribution in [1.82, 2.24) is 0 Å². The molecule has 2 heterocycles. The van der Waals surface area contributed by atoms with E-state index < -0.39 is 11.9 Å². The van der Waals surface area contributed by atoms with Crippen LogP contribution in [0.1, 0.15) is 21.5 Å². The van der Waals surface area contributed by atoms with Gasteiger partial charge in [-0.3, -0.25) is 0 Å². The summed E-state index contributed by atoms with van der Waals surface area (Å²) in [7, 11) is 1.32. The zero-order valence-electron chi connectivity index (χ0n) is 13.7. The van der Waals surface area contributed by atoms with Crippen molar-refractivity contribution in [1.29, 1.82) is 0 Å². The highest BCUT2D eigenvalue weighted by Crippen LogP contribution is 2.33. The molecule has 130 valence electrons. The third-order valence-electron chi connectivity index (χ3n) is 3.88. The van der Waals surface area contributed by atoms with E-state index in [-0.39, 0.29) is 18.4 Å². The number of esters is 2. The average Bonchev–Trinajstić information content (AvgIpc) is 3.28. The summed E-state index contributed by atoms with van der Waals surface area (Å²) in [6.07, 6.45) is 1.59. The number of methoxy groups -OCH3 is 1. The van der Waals surface area contributed by atoms with Crippen molar-refractivity contribution in [2.24, 2.45) is 4.99 Å². The third-order valence-corrected chi connectivity index (χ3v) is 3.88. The van der Waals surface area contributed by atoms with Crippen molar-refractivity contribution in [2.45, 2.75) is 0 Å². The van der Waals surface area contributed by atoms with E-state index in [1.165, 1.54) is 7.11 Å². The highest BCUT2D eigenvalue weighted by Gasteiger charge is 2.25. The number of carbonyl (C=O) groups excluding carboxylic acids is 2. The van der Waals surface area contributed by atoms with Crippen molar-refractivity contribution in [3.05, 3.63) is 64.9 Å². The van der Waals surface area contributed by atoms with Gasteiger partial charge in [0.15, 0.2) is 17.2 Å². The molecule has 0 bridgehead atoms. The molecule has 0 fully saturated rings. The molecule has 0 radical (unpaired) electrons. The Hall–Kier alpha value is -3.61. The van der Waals surface area contributed by atoms with Gasteiger partial charge in [-0.25, -0.2) is 14.6 Å². The highest BCUT2D eigenvalue weighted by molar-refractivity contribution is 6.13. The Kier molecular flexibility index (Phi) is 3.89. The van der Waals surface area contributed by atoms with E-state index in [0.717, 1.165) is 0 Å². The fourth-order valence-electron chi connectivity index (χ4n) is 2.55. The molecule has 0 spiro atoms. The molecule has 2 aliphatic heterocycles. The smallest absolute Gasteiger partial charge is 0.363 e. The van der Waals surface area contributed by atoms with Gasteiger partial charge >= 0.3 is 11.9 Å². The molecule has 0 amide bonds. The molecule has 0 saturated carbocycles. The standard InChI is InChI=1S/C19H13NO6/c1-23-18(21)12-4-2-11(3-5-12)8-14-19(22)26-17(20-14)13-6-7-15-16(9-13)25-10-24-15/h2-9H,10H2,1H3/b14-8-. The minimum Gasteiger partial charge on any atom is -0.465 e. The first-order valence-electron chi connectivity index (χ1n) is 7.75. The Morgan fingerprint density at radius 1 is 1.12 bits per heavy atom. The topological polar surface area (TPSA) is 83.4 Å². The van der Waals surface area contributed by atoms with E-state index in [1.54, 1.807) is 48.5 Å². The monoisotopic (exact) mass is 351 g/mol. The lowest BCUT2D eigenvalue weighted by atomic mass is 10.1. The second-order valence-electron chi connectivity index (χ2n) is 5.52. The van der Waals surface area contributed by atoms with Gasteiger partial charge in [-0.1, -0.05) is 12.1 Å². The minimum atomic E-state index is -0.547. The first-order valence-corrected chi connectivity index (χ1v) is 7.75. The van der Waals surface area contributed by atoms with E-state index >= 15 is 0 Å². The van der Waals surface area contributed by atoms with Crippen molar-refractivity contribution in [3.8, 4) is 11.5 Å². The van der Waals surface area contributed by atoms with E-state index in [1.807, 2.05) is 0 Å². The Morgan fingerprint density at radius 3 is 2.65 bits per heavy atom. The molecule has 2 aromatic rings. The molecular formula is C19H13NO6. The molecule has 0 N–H and O–H groups in total. The van der Waals surface area contributed by atoms with Gasteiger partial charge in [-0.2, -0.15) is 0 Å². The molecule has 0 saturated heterocycles. The Balaban J connectivity index is 1.60. The number of nitrogens with zero attached hydrogens (tertiary/aromatic N) is 1. The number of hydrogen-bond acceptors (Lipinski definition) is 7. The highest BCUT2D eigenvalue weighted by atomic mass is 16.7. The van der Waals surface area contributed by atoms with E-state index in [9.17, 15) is 9.59 Å². The minimum absolute atomic E-state index is 0.164.